The SMILES string of the molecule is CC(C)c1ccccc1-c1cc2cc(CC(C)c3ccccc3-c3nc4ccccc4s3)[nH]c2cn1. The van der Waals surface area contributed by atoms with Crippen molar-refractivity contribution in [1.82, 2.24) is 15.0 Å². The van der Waals surface area contributed by atoms with Gasteiger partial charge in [0.25, 0.3) is 0 Å². The zero-order chi connectivity index (χ0) is 24.6. The highest BCUT2D eigenvalue weighted by Gasteiger charge is 2.17. The first kappa shape index (κ1) is 22.7. The first-order valence-corrected chi connectivity index (χ1v) is 13.4. The summed E-state index contributed by atoms with van der Waals surface area (Å²) in [7, 11) is 0. The average Bonchev–Trinajstić information content (AvgIpc) is 3.51. The molecule has 3 aromatic heterocycles. The number of para-hydroxylation sites is 1. The highest BCUT2D eigenvalue weighted by Crippen LogP contribution is 2.36. The Kier molecular flexibility index (Phi) is 5.90. The maximum atomic E-state index is 4.93. The number of pyridine rings is 1. The number of fused-ring (bicyclic) bond motifs is 2. The van der Waals surface area contributed by atoms with Gasteiger partial charge in [0.05, 0.1) is 27.6 Å². The first-order valence-electron chi connectivity index (χ1n) is 12.6. The highest BCUT2D eigenvalue weighted by molar-refractivity contribution is 7.21. The molecule has 0 bridgehead atoms. The molecule has 0 radical (unpaired) electrons. The molecule has 1 atom stereocenters. The van der Waals surface area contributed by atoms with Gasteiger partial charge in [-0.1, -0.05) is 81.4 Å². The molecule has 0 saturated carbocycles. The van der Waals surface area contributed by atoms with E-state index in [0.29, 0.717) is 11.8 Å². The molecular formula is C32H29N3S. The van der Waals surface area contributed by atoms with Gasteiger partial charge in [0, 0.05) is 22.2 Å². The fourth-order valence-electron chi connectivity index (χ4n) is 5.13. The number of nitrogens with one attached hydrogen (secondary N) is 1. The molecule has 6 rings (SSSR count). The van der Waals surface area contributed by atoms with E-state index in [0.717, 1.165) is 28.2 Å². The van der Waals surface area contributed by atoms with E-state index in [-0.39, 0.29) is 0 Å². The number of nitrogens with zero attached hydrogens (tertiary/aromatic N) is 2. The topological polar surface area (TPSA) is 41.6 Å². The van der Waals surface area contributed by atoms with E-state index < -0.39 is 0 Å². The minimum absolute atomic E-state index is 0.343. The van der Waals surface area contributed by atoms with Crippen molar-refractivity contribution < 1.29 is 0 Å². The predicted molar refractivity (Wildman–Crippen MR) is 153 cm³/mol. The van der Waals surface area contributed by atoms with Gasteiger partial charge in [-0.25, -0.2) is 4.98 Å². The van der Waals surface area contributed by atoms with Crippen LogP contribution in [-0.4, -0.2) is 15.0 Å². The van der Waals surface area contributed by atoms with Crippen LogP contribution in [-0.2, 0) is 6.42 Å². The number of hydrogen-bond acceptors (Lipinski definition) is 3. The Morgan fingerprint density at radius 2 is 1.53 bits per heavy atom. The minimum Gasteiger partial charge on any atom is -0.357 e. The van der Waals surface area contributed by atoms with Crippen molar-refractivity contribution in [3.8, 4) is 21.8 Å². The Balaban J connectivity index is 1.31. The Morgan fingerprint density at radius 3 is 2.33 bits per heavy atom. The zero-order valence-corrected chi connectivity index (χ0v) is 21.6. The van der Waals surface area contributed by atoms with Crippen molar-refractivity contribution in [2.75, 3.05) is 0 Å². The third-order valence-electron chi connectivity index (χ3n) is 6.96. The van der Waals surface area contributed by atoms with Crippen molar-refractivity contribution in [2.24, 2.45) is 0 Å². The number of thiazole rings is 1. The zero-order valence-electron chi connectivity index (χ0n) is 20.8. The quantitative estimate of drug-likeness (QED) is 0.255. The lowest BCUT2D eigenvalue weighted by Crippen LogP contribution is -2.01. The number of rotatable bonds is 6. The molecule has 1 unspecified atom stereocenters. The Labute approximate surface area is 215 Å². The molecule has 0 amide bonds. The molecule has 1 N–H and O–H groups in total. The van der Waals surface area contributed by atoms with Gasteiger partial charge in [0.2, 0.25) is 0 Å². The summed E-state index contributed by atoms with van der Waals surface area (Å²) in [5.41, 5.74) is 9.53. The van der Waals surface area contributed by atoms with Crippen LogP contribution < -0.4 is 0 Å². The van der Waals surface area contributed by atoms with Crippen molar-refractivity contribution in [3.05, 3.63) is 108 Å². The van der Waals surface area contributed by atoms with Gasteiger partial charge in [0.15, 0.2) is 0 Å². The van der Waals surface area contributed by atoms with E-state index in [2.05, 4.69) is 111 Å². The fourth-order valence-corrected chi connectivity index (χ4v) is 6.14. The van der Waals surface area contributed by atoms with Gasteiger partial charge in [0.1, 0.15) is 5.01 Å². The Morgan fingerprint density at radius 1 is 0.806 bits per heavy atom. The van der Waals surface area contributed by atoms with Crippen LogP contribution in [0.5, 0.6) is 0 Å². The van der Waals surface area contributed by atoms with Crippen molar-refractivity contribution in [1.29, 1.82) is 0 Å². The van der Waals surface area contributed by atoms with Crippen LogP contribution in [0.25, 0.3) is 42.9 Å². The van der Waals surface area contributed by atoms with E-state index >= 15 is 0 Å². The third kappa shape index (κ3) is 4.22. The Bertz CT molecular complexity index is 1640. The lowest BCUT2D eigenvalue weighted by atomic mass is 9.92. The monoisotopic (exact) mass is 487 g/mol. The van der Waals surface area contributed by atoms with Crippen LogP contribution in [0.2, 0.25) is 0 Å². The summed E-state index contributed by atoms with van der Waals surface area (Å²) >= 11 is 1.77. The van der Waals surface area contributed by atoms with E-state index in [1.165, 1.54) is 38.0 Å². The molecule has 4 heteroatoms. The number of aromatic amines is 1. The molecule has 36 heavy (non-hydrogen) atoms. The number of H-pyrrole nitrogens is 1. The molecule has 3 aromatic carbocycles. The second kappa shape index (κ2) is 9.36. The molecule has 0 aliphatic carbocycles. The van der Waals surface area contributed by atoms with Crippen LogP contribution in [0.15, 0.2) is 91.1 Å². The molecule has 178 valence electrons. The fraction of sp³-hybridized carbons (Fsp3) is 0.188. The van der Waals surface area contributed by atoms with E-state index in [9.17, 15) is 0 Å². The normalized spacial score (nSPS) is 12.6. The highest BCUT2D eigenvalue weighted by atomic mass is 32.1. The summed E-state index contributed by atoms with van der Waals surface area (Å²) in [6.07, 6.45) is 2.90. The van der Waals surface area contributed by atoms with Crippen LogP contribution in [0.1, 0.15) is 49.4 Å². The van der Waals surface area contributed by atoms with E-state index in [1.807, 2.05) is 6.20 Å². The summed E-state index contributed by atoms with van der Waals surface area (Å²) in [6, 6.07) is 30.2. The van der Waals surface area contributed by atoms with E-state index in [4.69, 9.17) is 9.97 Å². The number of aromatic nitrogens is 3. The maximum Gasteiger partial charge on any atom is 0.124 e. The van der Waals surface area contributed by atoms with Gasteiger partial charge in [-0.05, 0) is 53.6 Å². The molecule has 0 saturated heterocycles. The van der Waals surface area contributed by atoms with Gasteiger partial charge < -0.3 is 4.98 Å². The predicted octanol–water partition coefficient (Wildman–Crippen LogP) is 8.98. The Hall–Kier alpha value is -3.76. The van der Waals surface area contributed by atoms with Gasteiger partial charge >= 0.3 is 0 Å². The average molecular weight is 488 g/mol. The summed E-state index contributed by atoms with van der Waals surface area (Å²) in [6.45, 7) is 6.78. The third-order valence-corrected chi connectivity index (χ3v) is 8.03. The summed E-state index contributed by atoms with van der Waals surface area (Å²) in [5, 5.41) is 2.30. The standard InChI is InChI=1S/C32H29N3S/c1-20(2)24-10-4-6-12-26(24)29-18-22-17-23(34-30(22)19-33-29)16-21(3)25-11-5-7-13-27(25)32-35-28-14-8-9-15-31(28)36-32/h4-15,17-21,34H,16H2,1-3H3. The summed E-state index contributed by atoms with van der Waals surface area (Å²) in [4.78, 5) is 13.4. The van der Waals surface area contributed by atoms with Gasteiger partial charge in [-0.2, -0.15) is 0 Å². The molecule has 0 fully saturated rings. The second-order valence-corrected chi connectivity index (χ2v) is 10.9. The van der Waals surface area contributed by atoms with Crippen LogP contribution in [0.4, 0.5) is 0 Å². The number of hydrogen-bond donors (Lipinski definition) is 1. The minimum atomic E-state index is 0.343. The molecule has 6 aromatic rings. The molecular weight excluding hydrogens is 458 g/mol. The lowest BCUT2D eigenvalue weighted by Gasteiger charge is -2.14. The molecule has 0 aliphatic heterocycles. The van der Waals surface area contributed by atoms with Crippen molar-refractivity contribution in [3.63, 3.8) is 0 Å². The maximum absolute atomic E-state index is 4.93. The second-order valence-electron chi connectivity index (χ2n) is 9.87. The largest absolute Gasteiger partial charge is 0.357 e. The molecule has 3 heterocycles. The van der Waals surface area contributed by atoms with Gasteiger partial charge in [-0.15, -0.1) is 11.3 Å². The first-order chi connectivity index (χ1) is 17.6. The van der Waals surface area contributed by atoms with Crippen molar-refractivity contribution >= 4 is 32.5 Å². The summed E-state index contributed by atoms with van der Waals surface area (Å²) in [5.74, 6) is 0.798. The van der Waals surface area contributed by atoms with Crippen molar-refractivity contribution in [2.45, 2.75) is 39.0 Å². The van der Waals surface area contributed by atoms with Gasteiger partial charge in [-0.3, -0.25) is 4.98 Å². The lowest BCUT2D eigenvalue weighted by molar-refractivity contribution is 0.748. The number of benzene rings is 3. The molecule has 0 aliphatic rings. The van der Waals surface area contributed by atoms with E-state index in [1.54, 1.807) is 11.3 Å². The molecule has 3 nitrogen and oxygen atoms in total. The molecule has 0 spiro atoms. The van der Waals surface area contributed by atoms with Crippen LogP contribution >= 0.6 is 11.3 Å². The van der Waals surface area contributed by atoms with Crippen LogP contribution in [0.3, 0.4) is 0 Å². The van der Waals surface area contributed by atoms with Crippen LogP contribution in [0, 0.1) is 0 Å². The smallest absolute Gasteiger partial charge is 0.124 e. The summed E-state index contributed by atoms with van der Waals surface area (Å²) < 4.78 is 1.23.